The van der Waals surface area contributed by atoms with Crippen LogP contribution in [0.3, 0.4) is 0 Å². The lowest BCUT2D eigenvalue weighted by Gasteiger charge is -2.41. The minimum absolute atomic E-state index is 0.0117. The number of carbonyl (C=O) groups excluding carboxylic acids is 4. The summed E-state index contributed by atoms with van der Waals surface area (Å²) in [5, 5.41) is 18.6. The molecule has 0 bridgehead atoms. The zero-order chi connectivity index (χ0) is 40.2. The van der Waals surface area contributed by atoms with Gasteiger partial charge in [0.15, 0.2) is 0 Å². The lowest BCUT2D eigenvalue weighted by atomic mass is 9.89. The van der Waals surface area contributed by atoms with Crippen molar-refractivity contribution >= 4 is 29.6 Å². The van der Waals surface area contributed by atoms with Crippen molar-refractivity contribution < 1.29 is 38.6 Å². The summed E-state index contributed by atoms with van der Waals surface area (Å²) in [4.78, 5) is 70.5. The molecular formula is C40H67N5O8. The first kappa shape index (κ1) is 45.6. The summed E-state index contributed by atoms with van der Waals surface area (Å²) in [7, 11) is 6.46. The average Bonchev–Trinajstić information content (AvgIpc) is 3.60. The van der Waals surface area contributed by atoms with Gasteiger partial charge < -0.3 is 40.3 Å². The minimum Gasteiger partial charge on any atom is -0.480 e. The molecule has 0 radical (unpaired) electrons. The minimum atomic E-state index is -1.14. The number of carbonyl (C=O) groups is 5. The van der Waals surface area contributed by atoms with Gasteiger partial charge in [-0.15, -0.1) is 0 Å². The highest BCUT2D eigenvalue weighted by Gasteiger charge is 2.43. The van der Waals surface area contributed by atoms with E-state index in [9.17, 15) is 29.1 Å². The van der Waals surface area contributed by atoms with Crippen molar-refractivity contribution in [2.24, 2.45) is 23.7 Å². The highest BCUT2D eigenvalue weighted by atomic mass is 16.5. The topological polar surface area (TPSA) is 167 Å². The van der Waals surface area contributed by atoms with Gasteiger partial charge in [-0.05, 0) is 50.1 Å². The van der Waals surface area contributed by atoms with Gasteiger partial charge in [0.05, 0.1) is 42.7 Å². The fourth-order valence-corrected chi connectivity index (χ4v) is 7.51. The van der Waals surface area contributed by atoms with Gasteiger partial charge in [0.2, 0.25) is 23.6 Å². The second kappa shape index (κ2) is 21.4. The average molecular weight is 746 g/mol. The normalized spacial score (nSPS) is 19.1. The van der Waals surface area contributed by atoms with E-state index in [0.29, 0.717) is 19.4 Å². The van der Waals surface area contributed by atoms with Crippen molar-refractivity contribution in [1.82, 2.24) is 25.8 Å². The standard InChI is InChI=1S/C40H67N5O8/c1-13-26(7)35(44(10)39(49)34(24(4)5)43-38(48)33(41-9)23(2)3)31(52-11)22-32(46)45-20-14-15-30(45)36(53-12)27(8)37(47)42-29(40(50)51)21-28-18-16-25(6)17-19-28/h16-19,23-24,26-27,29-31,33-36,41H,13-15,20-22H2,1-12H3,(H,42,47)(H,43,48)(H,50,51)/t26-,27+,29?,30-,31?,33-,34-,35?,36+/m0/s1. The third-order valence-corrected chi connectivity index (χ3v) is 10.9. The molecular weight excluding hydrogens is 678 g/mol. The number of nitrogens with one attached hydrogen (secondary N) is 3. The largest absolute Gasteiger partial charge is 0.480 e. The monoisotopic (exact) mass is 745 g/mol. The molecule has 53 heavy (non-hydrogen) atoms. The molecule has 0 saturated carbocycles. The lowest BCUT2D eigenvalue weighted by molar-refractivity contribution is -0.148. The number of nitrogens with zero attached hydrogens (tertiary/aromatic N) is 2. The summed E-state index contributed by atoms with van der Waals surface area (Å²) < 4.78 is 11.9. The number of likely N-dealkylation sites (N-methyl/N-ethyl adjacent to an activating group) is 2. The molecule has 13 heteroatoms. The molecule has 1 saturated heterocycles. The van der Waals surface area contributed by atoms with Crippen molar-refractivity contribution in [3.63, 3.8) is 0 Å². The number of hydrogen-bond acceptors (Lipinski definition) is 8. The zero-order valence-electron chi connectivity index (χ0n) is 34.1. The molecule has 9 atom stereocenters. The second-order valence-corrected chi connectivity index (χ2v) is 15.4. The van der Waals surface area contributed by atoms with Crippen molar-refractivity contribution in [1.29, 1.82) is 0 Å². The molecule has 4 amide bonds. The van der Waals surface area contributed by atoms with Gasteiger partial charge in [0.25, 0.3) is 0 Å². The fraction of sp³-hybridized carbons (Fsp3) is 0.725. The van der Waals surface area contributed by atoms with Crippen LogP contribution < -0.4 is 16.0 Å². The van der Waals surface area contributed by atoms with Crippen LogP contribution in [-0.2, 0) is 39.9 Å². The number of aliphatic carboxylic acids is 1. The predicted molar refractivity (Wildman–Crippen MR) is 205 cm³/mol. The van der Waals surface area contributed by atoms with Crippen molar-refractivity contribution in [2.45, 2.75) is 130 Å². The van der Waals surface area contributed by atoms with Gasteiger partial charge in [0.1, 0.15) is 12.1 Å². The van der Waals surface area contributed by atoms with Gasteiger partial charge in [-0.1, -0.05) is 84.7 Å². The number of amides is 4. The van der Waals surface area contributed by atoms with Crippen molar-refractivity contribution in [2.75, 3.05) is 34.9 Å². The molecule has 3 unspecified atom stereocenters. The molecule has 1 aromatic carbocycles. The fourth-order valence-electron chi connectivity index (χ4n) is 7.51. The van der Waals surface area contributed by atoms with Crippen LogP contribution in [0.5, 0.6) is 0 Å². The van der Waals surface area contributed by atoms with Crippen LogP contribution in [0.1, 0.15) is 85.3 Å². The highest BCUT2D eigenvalue weighted by molar-refractivity contribution is 5.90. The third-order valence-electron chi connectivity index (χ3n) is 10.9. The number of likely N-dealkylation sites (tertiary alicyclic amines) is 1. The molecule has 4 N–H and O–H groups in total. The summed E-state index contributed by atoms with van der Waals surface area (Å²) in [6.07, 6.45) is 0.812. The maximum absolute atomic E-state index is 14.1. The Morgan fingerprint density at radius 1 is 0.925 bits per heavy atom. The lowest BCUT2D eigenvalue weighted by Crippen LogP contribution is -2.59. The van der Waals surface area contributed by atoms with E-state index in [0.717, 1.165) is 17.5 Å². The van der Waals surface area contributed by atoms with E-state index in [1.54, 1.807) is 30.8 Å². The summed E-state index contributed by atoms with van der Waals surface area (Å²) in [5.74, 6) is -3.27. The van der Waals surface area contributed by atoms with E-state index in [1.807, 2.05) is 72.7 Å². The Kier molecular flexibility index (Phi) is 18.4. The predicted octanol–water partition coefficient (Wildman–Crippen LogP) is 3.41. The van der Waals surface area contributed by atoms with Crippen LogP contribution in [0.4, 0.5) is 0 Å². The van der Waals surface area contributed by atoms with E-state index >= 15 is 0 Å². The molecule has 13 nitrogen and oxygen atoms in total. The first-order valence-corrected chi connectivity index (χ1v) is 19.1. The second-order valence-electron chi connectivity index (χ2n) is 15.4. The number of methoxy groups -OCH3 is 2. The summed E-state index contributed by atoms with van der Waals surface area (Å²) in [6.45, 7) is 15.8. The molecule has 1 heterocycles. The smallest absolute Gasteiger partial charge is 0.326 e. The quantitative estimate of drug-likeness (QED) is 0.148. The van der Waals surface area contributed by atoms with Crippen molar-refractivity contribution in [3.8, 4) is 0 Å². The Balaban J connectivity index is 2.26. The van der Waals surface area contributed by atoms with Gasteiger partial charge >= 0.3 is 5.97 Å². The Labute approximate surface area is 317 Å². The van der Waals surface area contributed by atoms with E-state index in [4.69, 9.17) is 9.47 Å². The number of ether oxygens (including phenoxy) is 2. The van der Waals surface area contributed by atoms with Crippen LogP contribution in [0.2, 0.25) is 0 Å². The first-order chi connectivity index (χ1) is 24.9. The zero-order valence-corrected chi connectivity index (χ0v) is 34.1. The molecule has 1 aliphatic heterocycles. The summed E-state index contributed by atoms with van der Waals surface area (Å²) >= 11 is 0. The van der Waals surface area contributed by atoms with Crippen LogP contribution in [0.15, 0.2) is 24.3 Å². The van der Waals surface area contributed by atoms with E-state index in [2.05, 4.69) is 16.0 Å². The Morgan fingerprint density at radius 3 is 2.02 bits per heavy atom. The van der Waals surface area contributed by atoms with Gasteiger partial charge in [-0.3, -0.25) is 19.2 Å². The van der Waals surface area contributed by atoms with E-state index in [-0.39, 0.29) is 48.3 Å². The SMILES string of the molecule is CC[C@H](C)C(C(CC(=O)N1CCC[C@H]1[C@H](OC)[C@@H](C)C(=O)NC(Cc1ccc(C)cc1)C(=O)O)OC)N(C)C(=O)[C@@H](NC(=O)[C@@H](NC)C(C)C)C(C)C. The van der Waals surface area contributed by atoms with E-state index in [1.165, 1.54) is 14.2 Å². The van der Waals surface area contributed by atoms with Crippen LogP contribution in [0.25, 0.3) is 0 Å². The Bertz CT molecular complexity index is 1350. The third kappa shape index (κ3) is 12.2. The van der Waals surface area contributed by atoms with Crippen LogP contribution in [-0.4, -0.2) is 122 Å². The molecule has 0 aliphatic carbocycles. The number of carboxylic acid groups (broad SMARTS) is 1. The van der Waals surface area contributed by atoms with Crippen molar-refractivity contribution in [3.05, 3.63) is 35.4 Å². The Hall–Kier alpha value is -3.55. The maximum atomic E-state index is 14.1. The van der Waals surface area contributed by atoms with Crippen LogP contribution >= 0.6 is 0 Å². The Morgan fingerprint density at radius 2 is 1.53 bits per heavy atom. The van der Waals surface area contributed by atoms with Gasteiger partial charge in [-0.25, -0.2) is 4.79 Å². The molecule has 300 valence electrons. The van der Waals surface area contributed by atoms with Crippen LogP contribution in [0, 0.1) is 30.6 Å². The van der Waals surface area contributed by atoms with E-state index < -0.39 is 60.2 Å². The van der Waals surface area contributed by atoms with Gasteiger partial charge in [0, 0.05) is 34.2 Å². The number of carboxylic acids is 1. The summed E-state index contributed by atoms with van der Waals surface area (Å²) in [6, 6.07) is 4.23. The number of hydrogen-bond donors (Lipinski definition) is 4. The summed E-state index contributed by atoms with van der Waals surface area (Å²) in [5.41, 5.74) is 1.84. The molecule has 1 aliphatic rings. The molecule has 0 spiro atoms. The number of aryl methyl sites for hydroxylation is 1. The highest BCUT2D eigenvalue weighted by Crippen LogP contribution is 2.30. The number of benzene rings is 1. The number of rotatable bonds is 21. The molecule has 1 aromatic rings. The molecule has 1 fully saturated rings. The first-order valence-electron chi connectivity index (χ1n) is 19.1. The van der Waals surface area contributed by atoms with Gasteiger partial charge in [-0.2, -0.15) is 0 Å². The molecule has 0 aromatic heterocycles. The molecule has 2 rings (SSSR count). The maximum Gasteiger partial charge on any atom is 0.326 e.